The molecule has 2 aliphatic rings. The van der Waals surface area contributed by atoms with Crippen molar-refractivity contribution >= 4 is 33.0 Å². The average Bonchev–Trinajstić information content (AvgIpc) is 3.58. The lowest BCUT2D eigenvalue weighted by Crippen LogP contribution is -2.39. The van der Waals surface area contributed by atoms with Gasteiger partial charge in [-0.2, -0.15) is 4.31 Å². The van der Waals surface area contributed by atoms with Crippen molar-refractivity contribution < 1.29 is 17.4 Å². The Labute approximate surface area is 271 Å². The van der Waals surface area contributed by atoms with Crippen LogP contribution < -0.4 is 0 Å². The minimum absolute atomic E-state index is 0.253. The summed E-state index contributed by atoms with van der Waals surface area (Å²) >= 11 is 7.45. The molecule has 0 amide bonds. The van der Waals surface area contributed by atoms with Crippen molar-refractivity contribution in [3.05, 3.63) is 107 Å². The Bertz CT molecular complexity index is 1830. The van der Waals surface area contributed by atoms with Crippen LogP contribution in [0.2, 0.25) is 5.02 Å². The van der Waals surface area contributed by atoms with Crippen molar-refractivity contribution in [1.29, 1.82) is 0 Å². The molecule has 45 heavy (non-hydrogen) atoms. The summed E-state index contributed by atoms with van der Waals surface area (Å²) in [5.74, 6) is 1.96. The number of aromatic nitrogens is 3. The molecule has 12 heteroatoms. The van der Waals surface area contributed by atoms with Crippen LogP contribution in [0.25, 0.3) is 10.6 Å². The zero-order valence-corrected chi connectivity index (χ0v) is 27.3. The van der Waals surface area contributed by atoms with E-state index >= 15 is 0 Å². The monoisotopic (exact) mass is 663 g/mol. The summed E-state index contributed by atoms with van der Waals surface area (Å²) in [5.41, 5.74) is 2.62. The first-order chi connectivity index (χ1) is 21.8. The first-order valence-corrected chi connectivity index (χ1v) is 17.8. The van der Waals surface area contributed by atoms with Gasteiger partial charge < -0.3 is 13.8 Å². The average molecular weight is 664 g/mol. The third kappa shape index (κ3) is 6.37. The Hall–Kier alpha value is -3.35. The SMILES string of the molecule is CN(C[C@@]1(c2ccc(Cl)cc2)C[C@H]1CN1CCC(c2nnc(Cc3ccccc3)o2)CC1)S(=O)(=O)c1ccc(-c2ccon2)s1. The third-order valence-electron chi connectivity index (χ3n) is 9.19. The van der Waals surface area contributed by atoms with Crippen LogP contribution in [0, 0.1) is 5.92 Å². The molecule has 3 aromatic heterocycles. The molecule has 2 fully saturated rings. The van der Waals surface area contributed by atoms with Gasteiger partial charge in [0, 0.05) is 42.6 Å². The van der Waals surface area contributed by atoms with E-state index < -0.39 is 10.0 Å². The van der Waals surface area contributed by atoms with Gasteiger partial charge in [0.1, 0.15) is 16.2 Å². The van der Waals surface area contributed by atoms with Gasteiger partial charge in [-0.15, -0.1) is 21.5 Å². The fourth-order valence-electron chi connectivity index (χ4n) is 6.56. The molecule has 2 atom stereocenters. The van der Waals surface area contributed by atoms with Crippen LogP contribution in [0.3, 0.4) is 0 Å². The number of benzene rings is 2. The highest BCUT2D eigenvalue weighted by Crippen LogP contribution is 2.56. The maximum Gasteiger partial charge on any atom is 0.252 e. The standard InChI is InChI=1S/C33H34ClN5O4S2/c1-38(45(40,41)31-12-11-29(44-31)28-15-18-42-37-28)22-33(25-7-9-27(34)10-8-25)20-26(33)21-39-16-13-24(14-17-39)32-36-35-30(43-32)19-23-5-3-2-4-6-23/h2-12,15,18,24,26H,13-14,16-17,19-22H2,1H3/t26-,33+/m0/s1. The molecule has 1 saturated carbocycles. The van der Waals surface area contributed by atoms with Gasteiger partial charge >= 0.3 is 0 Å². The molecule has 4 heterocycles. The zero-order valence-electron chi connectivity index (χ0n) is 24.9. The van der Waals surface area contributed by atoms with E-state index in [1.807, 2.05) is 42.5 Å². The topological polar surface area (TPSA) is 106 Å². The maximum absolute atomic E-state index is 13.7. The number of halogens is 1. The molecule has 1 aliphatic carbocycles. The second kappa shape index (κ2) is 12.4. The largest absolute Gasteiger partial charge is 0.425 e. The molecule has 1 saturated heterocycles. The van der Waals surface area contributed by atoms with Crippen LogP contribution in [-0.2, 0) is 21.9 Å². The molecule has 0 radical (unpaired) electrons. The fraction of sp³-hybridized carbons (Fsp3) is 0.364. The predicted molar refractivity (Wildman–Crippen MR) is 173 cm³/mol. The van der Waals surface area contributed by atoms with Gasteiger partial charge in [-0.1, -0.05) is 59.2 Å². The van der Waals surface area contributed by atoms with Crippen LogP contribution >= 0.6 is 22.9 Å². The molecule has 5 aromatic rings. The van der Waals surface area contributed by atoms with Crippen molar-refractivity contribution in [3.63, 3.8) is 0 Å². The van der Waals surface area contributed by atoms with Crippen LogP contribution in [0.5, 0.6) is 0 Å². The van der Waals surface area contributed by atoms with Crippen molar-refractivity contribution in [2.75, 3.05) is 33.2 Å². The van der Waals surface area contributed by atoms with E-state index in [2.05, 4.69) is 32.4 Å². The lowest BCUT2D eigenvalue weighted by atomic mass is 9.92. The van der Waals surface area contributed by atoms with Crippen LogP contribution in [0.15, 0.2) is 92.2 Å². The van der Waals surface area contributed by atoms with E-state index in [1.54, 1.807) is 25.2 Å². The smallest absolute Gasteiger partial charge is 0.252 e. The lowest BCUT2D eigenvalue weighted by molar-refractivity contribution is 0.186. The number of thiophene rings is 1. The summed E-state index contributed by atoms with van der Waals surface area (Å²) in [4.78, 5) is 3.25. The molecule has 7 rings (SSSR count). The van der Waals surface area contributed by atoms with Gasteiger partial charge in [0.05, 0.1) is 11.3 Å². The van der Waals surface area contributed by atoms with E-state index in [1.165, 1.54) is 21.9 Å². The second-order valence-electron chi connectivity index (χ2n) is 12.1. The van der Waals surface area contributed by atoms with Crippen molar-refractivity contribution in [2.24, 2.45) is 5.92 Å². The maximum atomic E-state index is 13.7. The lowest BCUT2D eigenvalue weighted by Gasteiger charge is -2.32. The molecular weight excluding hydrogens is 630 g/mol. The van der Waals surface area contributed by atoms with Gasteiger partial charge in [-0.3, -0.25) is 0 Å². The first kappa shape index (κ1) is 30.3. The number of hydrogen-bond donors (Lipinski definition) is 0. The van der Waals surface area contributed by atoms with E-state index in [-0.39, 0.29) is 11.3 Å². The Morgan fingerprint density at radius 2 is 1.80 bits per heavy atom. The molecular formula is C33H34ClN5O4S2. The number of likely N-dealkylation sites (tertiary alicyclic amines) is 1. The van der Waals surface area contributed by atoms with E-state index in [4.69, 9.17) is 20.5 Å². The summed E-state index contributed by atoms with van der Waals surface area (Å²) in [5, 5.41) is 13.3. The van der Waals surface area contributed by atoms with Gasteiger partial charge in [-0.05, 0) is 73.7 Å². The van der Waals surface area contributed by atoms with Gasteiger partial charge in [-0.25, -0.2) is 8.42 Å². The number of hydrogen-bond acceptors (Lipinski definition) is 9. The fourth-order valence-corrected chi connectivity index (χ4v) is 9.40. The highest BCUT2D eigenvalue weighted by atomic mass is 35.5. The van der Waals surface area contributed by atoms with Gasteiger partial charge in [0.15, 0.2) is 0 Å². The Morgan fingerprint density at radius 1 is 1.02 bits per heavy atom. The molecule has 0 spiro atoms. The van der Waals surface area contributed by atoms with E-state index in [0.717, 1.165) is 60.8 Å². The van der Waals surface area contributed by atoms with E-state index in [0.29, 0.717) is 39.7 Å². The number of sulfonamides is 1. The Morgan fingerprint density at radius 3 is 2.53 bits per heavy atom. The minimum atomic E-state index is -3.70. The summed E-state index contributed by atoms with van der Waals surface area (Å²) < 4.78 is 40.2. The van der Waals surface area contributed by atoms with Crippen LogP contribution in [-0.4, -0.2) is 66.2 Å². The summed E-state index contributed by atoms with van der Waals surface area (Å²) in [6.45, 7) is 3.16. The number of nitrogens with zero attached hydrogens (tertiary/aromatic N) is 5. The predicted octanol–water partition coefficient (Wildman–Crippen LogP) is 6.49. The zero-order chi connectivity index (χ0) is 31.0. The highest BCUT2D eigenvalue weighted by Gasteiger charge is 2.57. The normalized spacial score (nSPS) is 21.0. The molecule has 0 N–H and O–H groups in total. The quantitative estimate of drug-likeness (QED) is 0.158. The van der Waals surface area contributed by atoms with Crippen molar-refractivity contribution in [1.82, 2.24) is 24.6 Å². The molecule has 234 valence electrons. The Kier molecular flexibility index (Phi) is 8.39. The van der Waals surface area contributed by atoms with Crippen LogP contribution in [0.1, 0.15) is 48.1 Å². The number of likely N-dealkylation sites (N-methyl/N-ethyl adjacent to an activating group) is 1. The Balaban J connectivity index is 1.01. The van der Waals surface area contributed by atoms with Crippen LogP contribution in [0.4, 0.5) is 0 Å². The molecule has 9 nitrogen and oxygen atoms in total. The molecule has 2 aromatic carbocycles. The highest BCUT2D eigenvalue weighted by molar-refractivity contribution is 7.91. The van der Waals surface area contributed by atoms with Gasteiger partial charge in [0.2, 0.25) is 11.8 Å². The first-order valence-electron chi connectivity index (χ1n) is 15.1. The van der Waals surface area contributed by atoms with E-state index in [9.17, 15) is 8.42 Å². The summed E-state index contributed by atoms with van der Waals surface area (Å²) in [7, 11) is -2.02. The van der Waals surface area contributed by atoms with Crippen molar-refractivity contribution in [3.8, 4) is 10.6 Å². The number of rotatable bonds is 11. The summed E-state index contributed by atoms with van der Waals surface area (Å²) in [6, 6.07) is 23.2. The minimum Gasteiger partial charge on any atom is -0.425 e. The number of piperidine rings is 1. The second-order valence-corrected chi connectivity index (χ2v) is 15.9. The van der Waals surface area contributed by atoms with Gasteiger partial charge in [0.25, 0.3) is 10.0 Å². The third-order valence-corrected chi connectivity index (χ3v) is 12.8. The molecule has 1 aliphatic heterocycles. The van der Waals surface area contributed by atoms with Crippen molar-refractivity contribution in [2.45, 2.75) is 41.2 Å². The molecule has 0 unspecified atom stereocenters. The molecule has 0 bridgehead atoms. The summed E-state index contributed by atoms with van der Waals surface area (Å²) in [6.07, 6.45) is 4.94.